The quantitative estimate of drug-likeness (QED) is 0.707. The smallest absolute Gasteiger partial charge is 0.256 e. The summed E-state index contributed by atoms with van der Waals surface area (Å²) in [6.07, 6.45) is 1.76. The molecule has 0 spiro atoms. The van der Waals surface area contributed by atoms with Crippen molar-refractivity contribution in [3.63, 3.8) is 0 Å². The molecule has 2 saturated heterocycles. The Bertz CT molecular complexity index is 1110. The number of likely N-dealkylation sites (tertiary alicyclic amines) is 1. The molecule has 2 amide bonds. The molecule has 3 aromatic rings. The standard InChI is InChI=1S/C24H26N4O3/c1-31-19-6-4-5-18(13-19)26-9-11-27(12-10-26)23(29)17-15-28(16-17)24(30)21-14-25-22-8-3-2-7-20(21)22/h2-8,13-14,17,25H,9-12,15-16H2,1H3. The molecule has 2 aromatic carbocycles. The van der Waals surface area contributed by atoms with Gasteiger partial charge in [-0.3, -0.25) is 9.59 Å². The molecule has 31 heavy (non-hydrogen) atoms. The summed E-state index contributed by atoms with van der Waals surface area (Å²) in [7, 11) is 1.67. The molecule has 0 atom stereocenters. The van der Waals surface area contributed by atoms with E-state index in [1.807, 2.05) is 47.4 Å². The van der Waals surface area contributed by atoms with Gasteiger partial charge in [-0.25, -0.2) is 0 Å². The zero-order chi connectivity index (χ0) is 21.4. The van der Waals surface area contributed by atoms with Gasteiger partial charge in [0.1, 0.15) is 5.75 Å². The number of aromatic amines is 1. The lowest BCUT2D eigenvalue weighted by atomic mass is 9.96. The fourth-order valence-corrected chi connectivity index (χ4v) is 4.47. The van der Waals surface area contributed by atoms with Crippen molar-refractivity contribution in [2.75, 3.05) is 51.3 Å². The number of hydrogen-bond donors (Lipinski definition) is 1. The van der Waals surface area contributed by atoms with E-state index in [-0.39, 0.29) is 17.7 Å². The first-order valence-electron chi connectivity index (χ1n) is 10.7. The lowest BCUT2D eigenvalue weighted by Crippen LogP contribution is -2.59. The number of benzene rings is 2. The fourth-order valence-electron chi connectivity index (χ4n) is 4.47. The number of aromatic nitrogens is 1. The molecule has 7 heteroatoms. The van der Waals surface area contributed by atoms with Gasteiger partial charge in [0, 0.05) is 68.1 Å². The predicted molar refractivity (Wildman–Crippen MR) is 119 cm³/mol. The number of hydrogen-bond acceptors (Lipinski definition) is 4. The number of nitrogens with one attached hydrogen (secondary N) is 1. The number of piperazine rings is 1. The number of methoxy groups -OCH3 is 1. The van der Waals surface area contributed by atoms with Crippen molar-refractivity contribution in [3.05, 3.63) is 60.3 Å². The molecule has 5 rings (SSSR count). The maximum Gasteiger partial charge on any atom is 0.256 e. The van der Waals surface area contributed by atoms with Gasteiger partial charge in [0.2, 0.25) is 5.91 Å². The number of fused-ring (bicyclic) bond motifs is 1. The van der Waals surface area contributed by atoms with Gasteiger partial charge in [0.25, 0.3) is 5.91 Å². The number of ether oxygens (including phenoxy) is 1. The monoisotopic (exact) mass is 418 g/mol. The van der Waals surface area contributed by atoms with Gasteiger partial charge in [0.15, 0.2) is 0 Å². The molecule has 160 valence electrons. The lowest BCUT2D eigenvalue weighted by molar-refractivity contribution is -0.140. The number of carbonyl (C=O) groups is 2. The summed E-state index contributed by atoms with van der Waals surface area (Å²) in [4.78, 5) is 34.9. The van der Waals surface area contributed by atoms with Crippen LogP contribution in [0.25, 0.3) is 10.9 Å². The van der Waals surface area contributed by atoms with E-state index in [4.69, 9.17) is 4.74 Å². The van der Waals surface area contributed by atoms with E-state index in [1.54, 1.807) is 18.2 Å². The summed E-state index contributed by atoms with van der Waals surface area (Å²) in [6.45, 7) is 3.97. The van der Waals surface area contributed by atoms with E-state index in [2.05, 4.69) is 16.0 Å². The number of para-hydroxylation sites is 1. The van der Waals surface area contributed by atoms with Gasteiger partial charge in [-0.2, -0.15) is 0 Å². The SMILES string of the molecule is COc1cccc(N2CCN(C(=O)C3CN(C(=O)c4c[nH]c5ccccc45)C3)CC2)c1. The molecule has 2 fully saturated rings. The molecule has 1 aromatic heterocycles. The number of rotatable bonds is 4. The molecule has 2 aliphatic rings. The molecule has 0 saturated carbocycles. The van der Waals surface area contributed by atoms with Crippen LogP contribution in [0.1, 0.15) is 10.4 Å². The summed E-state index contributed by atoms with van der Waals surface area (Å²) in [6, 6.07) is 15.8. The third kappa shape index (κ3) is 3.60. The average molecular weight is 418 g/mol. The third-order valence-electron chi connectivity index (χ3n) is 6.35. The average Bonchev–Trinajstić information content (AvgIpc) is 3.22. The molecule has 0 aliphatic carbocycles. The van der Waals surface area contributed by atoms with E-state index in [0.29, 0.717) is 31.7 Å². The van der Waals surface area contributed by atoms with Crippen LogP contribution in [0, 0.1) is 5.92 Å². The Morgan fingerprint density at radius 2 is 1.74 bits per heavy atom. The van der Waals surface area contributed by atoms with Crippen molar-refractivity contribution in [3.8, 4) is 5.75 Å². The molecule has 7 nitrogen and oxygen atoms in total. The Hall–Kier alpha value is -3.48. The second-order valence-corrected chi connectivity index (χ2v) is 8.17. The fraction of sp³-hybridized carbons (Fsp3) is 0.333. The molecular weight excluding hydrogens is 392 g/mol. The van der Waals surface area contributed by atoms with Gasteiger partial charge in [0.05, 0.1) is 18.6 Å². The van der Waals surface area contributed by atoms with Gasteiger partial charge < -0.3 is 24.4 Å². The van der Waals surface area contributed by atoms with Crippen LogP contribution < -0.4 is 9.64 Å². The van der Waals surface area contributed by atoms with Crippen molar-refractivity contribution < 1.29 is 14.3 Å². The molecule has 0 unspecified atom stereocenters. The largest absolute Gasteiger partial charge is 0.497 e. The Labute approximate surface area is 181 Å². The Kier molecular flexibility index (Phi) is 5.02. The second-order valence-electron chi connectivity index (χ2n) is 8.17. The normalized spacial score (nSPS) is 17.0. The molecule has 3 heterocycles. The summed E-state index contributed by atoms with van der Waals surface area (Å²) < 4.78 is 5.31. The van der Waals surface area contributed by atoms with E-state index in [9.17, 15) is 9.59 Å². The highest BCUT2D eigenvalue weighted by Gasteiger charge is 2.39. The van der Waals surface area contributed by atoms with Crippen LogP contribution in [0.15, 0.2) is 54.7 Å². The molecule has 0 radical (unpaired) electrons. The van der Waals surface area contributed by atoms with Crippen molar-refractivity contribution in [2.24, 2.45) is 5.92 Å². The lowest BCUT2D eigenvalue weighted by Gasteiger charge is -2.43. The number of H-pyrrole nitrogens is 1. The van der Waals surface area contributed by atoms with E-state index in [1.165, 1.54) is 0 Å². The van der Waals surface area contributed by atoms with Crippen molar-refractivity contribution in [2.45, 2.75) is 0 Å². The van der Waals surface area contributed by atoms with Crippen LogP contribution in [-0.2, 0) is 4.79 Å². The Morgan fingerprint density at radius 3 is 2.52 bits per heavy atom. The van der Waals surface area contributed by atoms with Crippen LogP contribution in [0.3, 0.4) is 0 Å². The van der Waals surface area contributed by atoms with Crippen molar-refractivity contribution in [1.82, 2.24) is 14.8 Å². The predicted octanol–water partition coefficient (Wildman–Crippen LogP) is 2.60. The zero-order valence-electron chi connectivity index (χ0n) is 17.6. The molecule has 2 aliphatic heterocycles. The van der Waals surface area contributed by atoms with Gasteiger partial charge in [-0.05, 0) is 18.2 Å². The minimum Gasteiger partial charge on any atom is -0.497 e. The molecule has 0 bridgehead atoms. The molecular formula is C24H26N4O3. The summed E-state index contributed by atoms with van der Waals surface area (Å²) in [5, 5.41) is 0.927. The summed E-state index contributed by atoms with van der Waals surface area (Å²) in [5.74, 6) is 0.889. The number of anilines is 1. The highest BCUT2D eigenvalue weighted by atomic mass is 16.5. The summed E-state index contributed by atoms with van der Waals surface area (Å²) in [5.41, 5.74) is 2.74. The molecule has 1 N–H and O–H groups in total. The van der Waals surface area contributed by atoms with Crippen LogP contribution in [-0.4, -0.2) is 73.0 Å². The number of nitrogens with zero attached hydrogens (tertiary/aromatic N) is 3. The minimum absolute atomic E-state index is 0.00987. The maximum atomic E-state index is 12.9. The van der Waals surface area contributed by atoms with Gasteiger partial charge in [-0.1, -0.05) is 24.3 Å². The van der Waals surface area contributed by atoms with Crippen molar-refractivity contribution in [1.29, 1.82) is 0 Å². The van der Waals surface area contributed by atoms with E-state index < -0.39 is 0 Å². The van der Waals surface area contributed by atoms with Gasteiger partial charge >= 0.3 is 0 Å². The highest BCUT2D eigenvalue weighted by molar-refractivity contribution is 6.07. The third-order valence-corrected chi connectivity index (χ3v) is 6.35. The van der Waals surface area contributed by atoms with E-state index >= 15 is 0 Å². The Morgan fingerprint density at radius 1 is 0.968 bits per heavy atom. The van der Waals surface area contributed by atoms with Crippen LogP contribution >= 0.6 is 0 Å². The first-order valence-corrected chi connectivity index (χ1v) is 10.7. The Balaban J connectivity index is 1.15. The van der Waals surface area contributed by atoms with Crippen LogP contribution in [0.4, 0.5) is 5.69 Å². The number of carbonyl (C=O) groups excluding carboxylic acids is 2. The first-order chi connectivity index (χ1) is 15.1. The topological polar surface area (TPSA) is 68.9 Å². The summed E-state index contributed by atoms with van der Waals surface area (Å²) >= 11 is 0. The first kappa shape index (κ1) is 19.5. The highest BCUT2D eigenvalue weighted by Crippen LogP contribution is 2.26. The number of amides is 2. The minimum atomic E-state index is -0.0995. The van der Waals surface area contributed by atoms with Crippen LogP contribution in [0.5, 0.6) is 5.75 Å². The van der Waals surface area contributed by atoms with Gasteiger partial charge in [-0.15, -0.1) is 0 Å². The second kappa shape index (κ2) is 7.98. The van der Waals surface area contributed by atoms with E-state index in [0.717, 1.165) is 35.4 Å². The van der Waals surface area contributed by atoms with Crippen LogP contribution in [0.2, 0.25) is 0 Å². The van der Waals surface area contributed by atoms with Crippen molar-refractivity contribution >= 4 is 28.4 Å². The zero-order valence-corrected chi connectivity index (χ0v) is 17.6. The maximum absolute atomic E-state index is 12.9.